The van der Waals surface area contributed by atoms with Gasteiger partial charge in [0, 0.05) is 57.7 Å². The summed E-state index contributed by atoms with van der Waals surface area (Å²) in [7, 11) is 3.56. The summed E-state index contributed by atoms with van der Waals surface area (Å²) >= 11 is 1.50. The average Bonchev–Trinajstić information content (AvgIpc) is 3.21. The molecule has 1 aromatic carbocycles. The number of para-hydroxylation sites is 1. The molecule has 2 heterocycles. The minimum absolute atomic E-state index is 0.823. The van der Waals surface area contributed by atoms with Crippen LogP contribution >= 0.6 is 11.5 Å². The van der Waals surface area contributed by atoms with Gasteiger partial charge >= 0.3 is 0 Å². The number of aromatic nitrogens is 2. The first-order chi connectivity index (χ1) is 13.2. The van der Waals surface area contributed by atoms with E-state index in [2.05, 4.69) is 42.5 Å². The van der Waals surface area contributed by atoms with Crippen LogP contribution in [-0.2, 0) is 12.8 Å². The molecule has 1 aromatic heterocycles. The molecule has 1 aliphatic rings. The van der Waals surface area contributed by atoms with Gasteiger partial charge in [0.25, 0.3) is 0 Å². The van der Waals surface area contributed by atoms with Gasteiger partial charge in [0.2, 0.25) is 5.13 Å². The summed E-state index contributed by atoms with van der Waals surface area (Å²) in [5.74, 6) is 2.83. The van der Waals surface area contributed by atoms with Crippen LogP contribution in [0.25, 0.3) is 0 Å². The predicted molar refractivity (Wildman–Crippen MR) is 111 cm³/mol. The average molecular weight is 389 g/mol. The Bertz CT molecular complexity index is 754. The van der Waals surface area contributed by atoms with E-state index in [1.54, 1.807) is 7.11 Å². The summed E-state index contributed by atoms with van der Waals surface area (Å²) < 4.78 is 9.82. The molecule has 3 rings (SSSR count). The van der Waals surface area contributed by atoms with Crippen molar-refractivity contribution >= 4 is 22.6 Å². The molecule has 0 bridgehead atoms. The number of aryl methyl sites for hydroxylation is 1. The van der Waals surface area contributed by atoms with Crippen LogP contribution in [0.3, 0.4) is 0 Å². The lowest BCUT2D eigenvalue weighted by Gasteiger charge is -2.36. The summed E-state index contributed by atoms with van der Waals surface area (Å²) in [4.78, 5) is 13.7. The fourth-order valence-corrected chi connectivity index (χ4v) is 3.98. The lowest BCUT2D eigenvalue weighted by Crippen LogP contribution is -2.52. The van der Waals surface area contributed by atoms with Gasteiger partial charge in [-0.2, -0.15) is 4.37 Å². The van der Waals surface area contributed by atoms with Crippen molar-refractivity contribution in [1.29, 1.82) is 0 Å². The second kappa shape index (κ2) is 9.55. The van der Waals surface area contributed by atoms with Crippen molar-refractivity contribution in [1.82, 2.24) is 19.6 Å². The highest BCUT2D eigenvalue weighted by Gasteiger charge is 2.21. The number of nitrogens with one attached hydrogen (secondary N) is 1. The van der Waals surface area contributed by atoms with Gasteiger partial charge in [-0.05, 0) is 18.1 Å². The summed E-state index contributed by atoms with van der Waals surface area (Å²) in [6.45, 7) is 6.63. The van der Waals surface area contributed by atoms with Crippen LogP contribution in [0.1, 0.15) is 18.3 Å². The van der Waals surface area contributed by atoms with Gasteiger partial charge in [-0.25, -0.2) is 4.98 Å². The number of ether oxygens (including phenoxy) is 1. The fourth-order valence-electron chi connectivity index (χ4n) is 3.18. The van der Waals surface area contributed by atoms with Crippen molar-refractivity contribution in [2.24, 2.45) is 4.99 Å². The summed E-state index contributed by atoms with van der Waals surface area (Å²) in [6, 6.07) is 8.15. The van der Waals surface area contributed by atoms with Crippen LogP contribution in [0.15, 0.2) is 29.3 Å². The maximum Gasteiger partial charge on any atom is 0.205 e. The molecule has 27 heavy (non-hydrogen) atoms. The molecule has 146 valence electrons. The Hall–Kier alpha value is -2.35. The van der Waals surface area contributed by atoms with Gasteiger partial charge in [-0.15, -0.1) is 0 Å². The quantitative estimate of drug-likeness (QED) is 0.604. The third-order valence-corrected chi connectivity index (χ3v) is 5.52. The monoisotopic (exact) mass is 388 g/mol. The summed E-state index contributed by atoms with van der Waals surface area (Å²) in [6.07, 6.45) is 1.78. The van der Waals surface area contributed by atoms with Gasteiger partial charge in [0.1, 0.15) is 11.6 Å². The highest BCUT2D eigenvalue weighted by Crippen LogP contribution is 2.19. The number of rotatable bonds is 6. The van der Waals surface area contributed by atoms with Gasteiger partial charge in [0.15, 0.2) is 5.96 Å². The van der Waals surface area contributed by atoms with E-state index in [4.69, 9.17) is 4.74 Å². The van der Waals surface area contributed by atoms with Gasteiger partial charge in [-0.1, -0.05) is 25.1 Å². The molecule has 8 heteroatoms. The Morgan fingerprint density at radius 3 is 2.70 bits per heavy atom. The number of piperazine rings is 1. The summed E-state index contributed by atoms with van der Waals surface area (Å²) in [5.41, 5.74) is 1.20. The smallest absolute Gasteiger partial charge is 0.205 e. The standard InChI is InChI=1S/C19H28N6OS/c1-4-17-22-19(27-23-17)25-13-11-24(12-14-25)18(20-2)21-10-9-15-7-5-6-8-16(15)26-3/h5-8H,4,9-14H2,1-3H3,(H,20,21). The maximum absolute atomic E-state index is 5.43. The van der Waals surface area contributed by atoms with E-state index >= 15 is 0 Å². The normalized spacial score (nSPS) is 15.1. The van der Waals surface area contributed by atoms with E-state index in [-0.39, 0.29) is 0 Å². The third kappa shape index (κ3) is 4.88. The lowest BCUT2D eigenvalue weighted by molar-refractivity contribution is 0.372. The molecule has 1 aliphatic heterocycles. The molecular formula is C19H28N6OS. The minimum atomic E-state index is 0.823. The van der Waals surface area contributed by atoms with Crippen LogP contribution in [0.5, 0.6) is 5.75 Å². The minimum Gasteiger partial charge on any atom is -0.496 e. The van der Waals surface area contributed by atoms with Crippen molar-refractivity contribution in [3.63, 3.8) is 0 Å². The van der Waals surface area contributed by atoms with Crippen molar-refractivity contribution < 1.29 is 4.74 Å². The Morgan fingerprint density at radius 1 is 1.26 bits per heavy atom. The Labute approximate surface area is 165 Å². The fraction of sp³-hybridized carbons (Fsp3) is 0.526. The topological polar surface area (TPSA) is 65.9 Å². The molecule has 1 saturated heterocycles. The largest absolute Gasteiger partial charge is 0.496 e. The molecule has 0 unspecified atom stereocenters. The van der Waals surface area contributed by atoms with Crippen LogP contribution in [-0.4, -0.2) is 67.1 Å². The molecule has 0 spiro atoms. The Kier molecular flexibility index (Phi) is 6.86. The van der Waals surface area contributed by atoms with Gasteiger partial charge in [-0.3, -0.25) is 4.99 Å². The maximum atomic E-state index is 5.43. The van der Waals surface area contributed by atoms with Crippen molar-refractivity contribution in [2.45, 2.75) is 19.8 Å². The number of hydrogen-bond acceptors (Lipinski definition) is 6. The first-order valence-corrected chi connectivity index (χ1v) is 10.2. The van der Waals surface area contributed by atoms with E-state index < -0.39 is 0 Å². The second-order valence-electron chi connectivity index (χ2n) is 6.36. The van der Waals surface area contributed by atoms with Crippen LogP contribution in [0.4, 0.5) is 5.13 Å². The van der Waals surface area contributed by atoms with Crippen LogP contribution in [0.2, 0.25) is 0 Å². The summed E-state index contributed by atoms with van der Waals surface area (Å²) in [5, 5.41) is 4.52. The molecule has 0 aliphatic carbocycles. The van der Waals surface area contributed by atoms with Crippen LogP contribution in [0, 0.1) is 0 Å². The highest BCUT2D eigenvalue weighted by atomic mass is 32.1. The van der Waals surface area contributed by atoms with Gasteiger partial charge < -0.3 is 19.9 Å². The Morgan fingerprint density at radius 2 is 2.04 bits per heavy atom. The molecule has 0 amide bonds. The van der Waals surface area contributed by atoms with Gasteiger partial charge in [0.05, 0.1) is 7.11 Å². The number of guanidine groups is 1. The zero-order valence-electron chi connectivity index (χ0n) is 16.3. The van der Waals surface area contributed by atoms with E-state index in [1.165, 1.54) is 17.1 Å². The molecule has 0 radical (unpaired) electrons. The zero-order valence-corrected chi connectivity index (χ0v) is 17.1. The molecule has 1 N–H and O–H groups in total. The highest BCUT2D eigenvalue weighted by molar-refractivity contribution is 7.09. The number of nitrogens with zero attached hydrogens (tertiary/aromatic N) is 5. The molecular weight excluding hydrogens is 360 g/mol. The molecule has 7 nitrogen and oxygen atoms in total. The second-order valence-corrected chi connectivity index (χ2v) is 7.09. The van der Waals surface area contributed by atoms with Crippen molar-refractivity contribution in [3.05, 3.63) is 35.7 Å². The van der Waals surface area contributed by atoms with E-state index in [9.17, 15) is 0 Å². The molecule has 2 aromatic rings. The number of benzene rings is 1. The predicted octanol–water partition coefficient (Wildman–Crippen LogP) is 2.05. The SMILES string of the molecule is CCc1nsc(N2CCN(C(=NC)NCCc3ccccc3OC)CC2)n1. The van der Waals surface area contributed by atoms with E-state index in [1.807, 2.05) is 25.2 Å². The number of aliphatic imine (C=N–C) groups is 1. The Balaban J connectivity index is 1.49. The van der Waals surface area contributed by atoms with Crippen molar-refractivity contribution in [2.75, 3.05) is 51.8 Å². The van der Waals surface area contributed by atoms with E-state index in [0.717, 1.165) is 68.2 Å². The first kappa shape index (κ1) is 19.4. The number of anilines is 1. The van der Waals surface area contributed by atoms with Crippen LogP contribution < -0.4 is 15.0 Å². The molecule has 1 fully saturated rings. The number of hydrogen-bond donors (Lipinski definition) is 1. The van der Waals surface area contributed by atoms with Crippen molar-refractivity contribution in [3.8, 4) is 5.75 Å². The third-order valence-electron chi connectivity index (χ3n) is 4.71. The van der Waals surface area contributed by atoms with E-state index in [0.29, 0.717) is 0 Å². The number of methoxy groups -OCH3 is 1. The molecule has 0 atom stereocenters. The first-order valence-electron chi connectivity index (χ1n) is 9.40. The molecule has 0 saturated carbocycles. The lowest BCUT2D eigenvalue weighted by atomic mass is 10.1. The zero-order chi connectivity index (χ0) is 19.1.